The van der Waals surface area contributed by atoms with Crippen LogP contribution in [0.15, 0.2) is 6.07 Å². The van der Waals surface area contributed by atoms with E-state index in [0.717, 1.165) is 0 Å². The highest BCUT2D eigenvalue weighted by Gasteiger charge is 2.18. The van der Waals surface area contributed by atoms with Crippen molar-refractivity contribution in [1.82, 2.24) is 4.98 Å². The average Bonchev–Trinajstić information content (AvgIpc) is 2.16. The van der Waals surface area contributed by atoms with Crippen LogP contribution < -0.4 is 5.73 Å². The Balaban J connectivity index is 3.24. The molecule has 0 unspecified atom stereocenters. The highest BCUT2D eigenvalue weighted by atomic mass is 19.3. The lowest BCUT2D eigenvalue weighted by molar-refractivity contribution is -0.136. The van der Waals surface area contributed by atoms with Gasteiger partial charge in [-0.1, -0.05) is 0 Å². The second-order valence-corrected chi connectivity index (χ2v) is 3.03. The fraction of sp³-hybridized carbons (Fsp3) is 0.333. The van der Waals surface area contributed by atoms with E-state index in [1.807, 2.05) is 0 Å². The van der Waals surface area contributed by atoms with Crippen LogP contribution in [0.2, 0.25) is 0 Å². The number of hydrogen-bond acceptors (Lipinski definition) is 3. The van der Waals surface area contributed by atoms with Crippen molar-refractivity contribution in [2.24, 2.45) is 5.73 Å². The predicted octanol–water partition coefficient (Wildman–Crippen LogP) is 1.24. The first kappa shape index (κ1) is 12.4. The van der Waals surface area contributed by atoms with Crippen molar-refractivity contribution in [2.75, 3.05) is 0 Å². The second kappa shape index (κ2) is 4.93. The highest BCUT2D eigenvalue weighted by molar-refractivity contribution is 5.70. The lowest BCUT2D eigenvalue weighted by Crippen LogP contribution is -2.13. The van der Waals surface area contributed by atoms with Crippen LogP contribution in [0.3, 0.4) is 0 Å². The number of nitrogens with two attached hydrogens (primary N) is 1. The zero-order valence-corrected chi connectivity index (χ0v) is 8.08. The molecule has 0 fully saturated rings. The molecule has 16 heavy (non-hydrogen) atoms. The predicted molar refractivity (Wildman–Crippen MR) is 48.4 cm³/mol. The van der Waals surface area contributed by atoms with Crippen LogP contribution in [-0.4, -0.2) is 16.1 Å². The standard InChI is InChI=1S/C9H9F3N2O2/c10-5-1-7(9(11)12)14-6(2-8(15)16)4(5)3-13/h1,9H,2-3,13H2,(H,15,16). The first-order chi connectivity index (χ1) is 7.45. The van der Waals surface area contributed by atoms with Crippen LogP contribution in [-0.2, 0) is 17.8 Å². The van der Waals surface area contributed by atoms with Gasteiger partial charge < -0.3 is 10.8 Å². The molecule has 0 bridgehead atoms. The van der Waals surface area contributed by atoms with Crippen molar-refractivity contribution in [1.29, 1.82) is 0 Å². The molecule has 7 heteroatoms. The Kier molecular flexibility index (Phi) is 3.83. The summed E-state index contributed by atoms with van der Waals surface area (Å²) < 4.78 is 37.9. The Bertz CT molecular complexity index is 410. The van der Waals surface area contributed by atoms with E-state index in [4.69, 9.17) is 10.8 Å². The van der Waals surface area contributed by atoms with E-state index in [0.29, 0.717) is 6.07 Å². The molecule has 3 N–H and O–H groups in total. The molecule has 0 radical (unpaired) electrons. The molecule has 0 saturated heterocycles. The third-order valence-corrected chi connectivity index (χ3v) is 1.92. The number of rotatable bonds is 4. The highest BCUT2D eigenvalue weighted by Crippen LogP contribution is 2.21. The number of hydrogen-bond donors (Lipinski definition) is 2. The maximum Gasteiger partial charge on any atom is 0.309 e. The van der Waals surface area contributed by atoms with E-state index in [1.54, 1.807) is 0 Å². The average molecular weight is 234 g/mol. The summed E-state index contributed by atoms with van der Waals surface area (Å²) in [6, 6.07) is 0.568. The zero-order chi connectivity index (χ0) is 12.3. The summed E-state index contributed by atoms with van der Waals surface area (Å²) in [6.07, 6.45) is -3.59. The normalized spacial score (nSPS) is 10.8. The number of aliphatic carboxylic acids is 1. The fourth-order valence-electron chi connectivity index (χ4n) is 1.23. The molecule has 1 heterocycles. The summed E-state index contributed by atoms with van der Waals surface area (Å²) in [4.78, 5) is 13.8. The number of halogens is 3. The molecule has 1 rings (SSSR count). The number of carboxylic acids is 1. The van der Waals surface area contributed by atoms with Crippen LogP contribution in [0.1, 0.15) is 23.4 Å². The van der Waals surface area contributed by atoms with Gasteiger partial charge in [-0.25, -0.2) is 13.2 Å². The monoisotopic (exact) mass is 234 g/mol. The van der Waals surface area contributed by atoms with Gasteiger partial charge in [-0.15, -0.1) is 0 Å². The van der Waals surface area contributed by atoms with Crippen LogP contribution in [0.5, 0.6) is 0 Å². The van der Waals surface area contributed by atoms with Crippen molar-refractivity contribution < 1.29 is 23.1 Å². The van der Waals surface area contributed by atoms with Gasteiger partial charge in [-0.3, -0.25) is 9.78 Å². The van der Waals surface area contributed by atoms with Crippen LogP contribution in [0.25, 0.3) is 0 Å². The number of pyridine rings is 1. The smallest absolute Gasteiger partial charge is 0.309 e. The van der Waals surface area contributed by atoms with Gasteiger partial charge in [-0.05, 0) is 0 Å². The molecule has 0 aliphatic carbocycles. The molecule has 0 aliphatic heterocycles. The number of carbonyl (C=O) groups is 1. The Labute approximate surface area is 88.9 Å². The van der Waals surface area contributed by atoms with E-state index in [2.05, 4.69) is 4.98 Å². The number of carboxylic acid groups (broad SMARTS) is 1. The summed E-state index contributed by atoms with van der Waals surface area (Å²) in [5.41, 5.74) is 4.00. The Morgan fingerprint density at radius 3 is 2.62 bits per heavy atom. The minimum Gasteiger partial charge on any atom is -0.481 e. The van der Waals surface area contributed by atoms with Gasteiger partial charge in [0, 0.05) is 18.2 Å². The van der Waals surface area contributed by atoms with E-state index >= 15 is 0 Å². The lowest BCUT2D eigenvalue weighted by atomic mass is 10.1. The van der Waals surface area contributed by atoms with Gasteiger partial charge >= 0.3 is 5.97 Å². The molecule has 1 aromatic heterocycles. The van der Waals surface area contributed by atoms with Gasteiger partial charge in [0.1, 0.15) is 11.5 Å². The number of nitrogens with zero attached hydrogens (tertiary/aromatic N) is 1. The molecule has 0 aliphatic rings. The zero-order valence-electron chi connectivity index (χ0n) is 8.08. The van der Waals surface area contributed by atoms with E-state index in [-0.39, 0.29) is 17.8 Å². The van der Waals surface area contributed by atoms with Gasteiger partial charge in [0.25, 0.3) is 6.43 Å². The Hall–Kier alpha value is -1.63. The first-order valence-electron chi connectivity index (χ1n) is 4.34. The van der Waals surface area contributed by atoms with Crippen molar-refractivity contribution in [3.63, 3.8) is 0 Å². The van der Waals surface area contributed by atoms with Crippen molar-refractivity contribution in [3.05, 3.63) is 28.8 Å². The second-order valence-electron chi connectivity index (χ2n) is 3.03. The molecule has 0 spiro atoms. The summed E-state index contributed by atoms with van der Waals surface area (Å²) in [5, 5.41) is 8.52. The summed E-state index contributed by atoms with van der Waals surface area (Å²) in [7, 11) is 0. The molecule has 1 aromatic rings. The maximum absolute atomic E-state index is 13.3. The SMILES string of the molecule is NCc1c(F)cc(C(F)F)nc1CC(=O)O. The minimum absolute atomic E-state index is 0.146. The third kappa shape index (κ3) is 2.69. The summed E-state index contributed by atoms with van der Waals surface area (Å²) in [6.45, 7) is -0.287. The maximum atomic E-state index is 13.3. The molecule has 0 atom stereocenters. The van der Waals surface area contributed by atoms with Crippen LogP contribution in [0, 0.1) is 5.82 Å². The van der Waals surface area contributed by atoms with Crippen molar-refractivity contribution >= 4 is 5.97 Å². The van der Waals surface area contributed by atoms with Crippen LogP contribution in [0.4, 0.5) is 13.2 Å². The topological polar surface area (TPSA) is 76.2 Å². The van der Waals surface area contributed by atoms with Gasteiger partial charge in [0.15, 0.2) is 0 Å². The molecular formula is C9H9F3N2O2. The quantitative estimate of drug-likeness (QED) is 0.821. The molecule has 0 saturated carbocycles. The number of alkyl halides is 2. The van der Waals surface area contributed by atoms with Gasteiger partial charge in [0.2, 0.25) is 0 Å². The van der Waals surface area contributed by atoms with Crippen molar-refractivity contribution in [3.8, 4) is 0 Å². The number of aromatic nitrogens is 1. The van der Waals surface area contributed by atoms with E-state index in [9.17, 15) is 18.0 Å². The van der Waals surface area contributed by atoms with Gasteiger partial charge in [0.05, 0.1) is 12.1 Å². The van der Waals surface area contributed by atoms with Crippen LogP contribution >= 0.6 is 0 Å². The third-order valence-electron chi connectivity index (χ3n) is 1.92. The largest absolute Gasteiger partial charge is 0.481 e. The molecule has 0 amide bonds. The Morgan fingerprint density at radius 1 is 1.56 bits per heavy atom. The summed E-state index contributed by atoms with van der Waals surface area (Å²) in [5.74, 6) is -2.24. The lowest BCUT2D eigenvalue weighted by Gasteiger charge is -2.08. The molecule has 0 aromatic carbocycles. The van der Waals surface area contributed by atoms with Crippen molar-refractivity contribution in [2.45, 2.75) is 19.4 Å². The molecule has 4 nitrogen and oxygen atoms in total. The van der Waals surface area contributed by atoms with E-state index in [1.165, 1.54) is 0 Å². The van der Waals surface area contributed by atoms with E-state index < -0.39 is 30.3 Å². The fourth-order valence-corrected chi connectivity index (χ4v) is 1.23. The minimum atomic E-state index is -2.95. The Morgan fingerprint density at radius 2 is 2.19 bits per heavy atom. The first-order valence-corrected chi connectivity index (χ1v) is 4.34. The molecular weight excluding hydrogens is 225 g/mol. The molecule has 88 valence electrons. The summed E-state index contributed by atoms with van der Waals surface area (Å²) >= 11 is 0. The van der Waals surface area contributed by atoms with Gasteiger partial charge in [-0.2, -0.15) is 0 Å².